The molecule has 1 heterocycles. The second kappa shape index (κ2) is 10.4. The lowest BCUT2D eigenvalue weighted by Gasteiger charge is -2.30. The van der Waals surface area contributed by atoms with Crippen molar-refractivity contribution in [1.82, 2.24) is 4.90 Å². The molecule has 1 fully saturated rings. The molecule has 0 spiro atoms. The van der Waals surface area contributed by atoms with Gasteiger partial charge in [0.2, 0.25) is 0 Å². The zero-order valence-electron chi connectivity index (χ0n) is 20.3. The highest BCUT2D eigenvalue weighted by Crippen LogP contribution is 2.41. The summed E-state index contributed by atoms with van der Waals surface area (Å²) in [7, 11) is -5.74. The number of likely N-dealkylation sites (tertiary alicyclic amines) is 1. The van der Waals surface area contributed by atoms with Gasteiger partial charge in [-0.2, -0.15) is 21.6 Å². The number of ether oxygens (including phenoxy) is 3. The van der Waals surface area contributed by atoms with Crippen LogP contribution in [0.25, 0.3) is 0 Å². The Bertz CT molecular complexity index is 1260. The van der Waals surface area contributed by atoms with E-state index in [4.69, 9.17) is 9.47 Å². The molecule has 0 bridgehead atoms. The number of rotatable bonds is 6. The Morgan fingerprint density at radius 3 is 2.13 bits per heavy atom. The van der Waals surface area contributed by atoms with Crippen LogP contribution >= 0.6 is 0 Å². The number of carbonyl (C=O) groups is 1. The van der Waals surface area contributed by atoms with E-state index in [1.165, 1.54) is 27.8 Å². The van der Waals surface area contributed by atoms with Gasteiger partial charge in [-0.05, 0) is 76.1 Å². The van der Waals surface area contributed by atoms with Crippen LogP contribution in [0, 0.1) is 0 Å². The molecule has 1 amide bonds. The second-order valence-corrected chi connectivity index (χ2v) is 10.9. The summed E-state index contributed by atoms with van der Waals surface area (Å²) < 4.78 is 116. The van der Waals surface area contributed by atoms with E-state index in [0.29, 0.717) is 12.8 Å². The van der Waals surface area contributed by atoms with Crippen LogP contribution in [0.5, 0.6) is 17.2 Å². The molecule has 1 aliphatic heterocycles. The van der Waals surface area contributed by atoms with E-state index in [1.807, 2.05) is 0 Å². The molecule has 2 aromatic rings. The summed E-state index contributed by atoms with van der Waals surface area (Å²) in [6, 6.07) is 6.89. The second-order valence-electron chi connectivity index (χ2n) is 9.26. The van der Waals surface area contributed by atoms with Crippen molar-refractivity contribution >= 4 is 21.8 Å². The fourth-order valence-corrected chi connectivity index (χ4v) is 4.20. The predicted molar refractivity (Wildman–Crippen MR) is 123 cm³/mol. The van der Waals surface area contributed by atoms with Gasteiger partial charge in [0.25, 0.3) is 0 Å². The van der Waals surface area contributed by atoms with E-state index < -0.39 is 51.1 Å². The first-order valence-electron chi connectivity index (χ1n) is 11.1. The van der Waals surface area contributed by atoms with Gasteiger partial charge in [-0.25, -0.2) is 4.79 Å². The average molecular weight is 571 g/mol. The summed E-state index contributed by atoms with van der Waals surface area (Å²) in [6.07, 6.45) is -4.74. The topological polar surface area (TPSA) is 94.2 Å². The minimum absolute atomic E-state index is 0.0323. The molecular formula is C23H24F6N2O6S. The van der Waals surface area contributed by atoms with Crippen molar-refractivity contribution in [2.45, 2.75) is 57.1 Å². The molecule has 3 rings (SSSR count). The maximum absolute atomic E-state index is 12.9. The SMILES string of the molecule is CC(C)(C)OC(=O)N1CCCC1c1cc(NS(=O)(=O)C(F)(F)F)ccc1Oc1ccc(OC(F)(F)F)cc1. The van der Waals surface area contributed by atoms with E-state index in [1.54, 1.807) is 20.8 Å². The zero-order chi connectivity index (χ0) is 28.5. The highest BCUT2D eigenvalue weighted by Gasteiger charge is 2.46. The average Bonchev–Trinajstić information content (AvgIpc) is 3.23. The summed E-state index contributed by atoms with van der Waals surface area (Å²) in [5, 5.41) is 0. The van der Waals surface area contributed by atoms with Gasteiger partial charge in [-0.15, -0.1) is 13.2 Å². The van der Waals surface area contributed by atoms with Gasteiger partial charge in [-0.1, -0.05) is 0 Å². The molecule has 1 saturated heterocycles. The lowest BCUT2D eigenvalue weighted by atomic mass is 10.0. The standard InChI is InChI=1S/C23H24F6N2O6S/c1-21(2,3)37-20(32)31-12-4-5-18(31)17-13-14(30-38(33,34)23(27,28)29)6-11-19(17)35-15-7-9-16(10-8-15)36-22(24,25)26/h6-11,13,18,30H,4-5,12H2,1-3H3. The molecular weight excluding hydrogens is 546 g/mol. The van der Waals surface area contributed by atoms with E-state index in [9.17, 15) is 39.6 Å². The third-order valence-electron chi connectivity index (χ3n) is 5.09. The minimum atomic E-state index is -5.74. The van der Waals surface area contributed by atoms with Crippen molar-refractivity contribution < 1.29 is 53.8 Å². The van der Waals surface area contributed by atoms with E-state index >= 15 is 0 Å². The number of nitrogens with zero attached hydrogens (tertiary/aromatic N) is 1. The number of halogens is 6. The predicted octanol–water partition coefficient (Wildman–Crippen LogP) is 6.71. The third-order valence-corrected chi connectivity index (χ3v) is 6.21. The molecule has 1 aliphatic rings. The molecule has 8 nitrogen and oxygen atoms in total. The highest BCUT2D eigenvalue weighted by molar-refractivity contribution is 7.93. The Morgan fingerprint density at radius 1 is 0.974 bits per heavy atom. The van der Waals surface area contributed by atoms with Crippen LogP contribution in [-0.4, -0.2) is 43.4 Å². The largest absolute Gasteiger partial charge is 0.573 e. The summed E-state index contributed by atoms with van der Waals surface area (Å²) in [5.41, 5.74) is -6.69. The molecule has 0 saturated carbocycles. The van der Waals surface area contributed by atoms with Gasteiger partial charge in [0.1, 0.15) is 22.8 Å². The summed E-state index contributed by atoms with van der Waals surface area (Å²) in [6.45, 7) is 5.22. The fourth-order valence-electron chi connectivity index (χ4n) is 3.64. The Morgan fingerprint density at radius 2 is 1.58 bits per heavy atom. The summed E-state index contributed by atoms with van der Waals surface area (Å²) >= 11 is 0. The molecule has 15 heteroatoms. The molecule has 0 aromatic heterocycles. The van der Waals surface area contributed by atoms with Crippen molar-refractivity contribution in [3.63, 3.8) is 0 Å². The Balaban J connectivity index is 1.98. The van der Waals surface area contributed by atoms with Crippen LogP contribution in [0.1, 0.15) is 45.2 Å². The van der Waals surface area contributed by atoms with E-state index in [-0.39, 0.29) is 23.6 Å². The van der Waals surface area contributed by atoms with Crippen LogP contribution < -0.4 is 14.2 Å². The zero-order valence-corrected chi connectivity index (χ0v) is 21.1. The van der Waals surface area contributed by atoms with Crippen molar-refractivity contribution in [2.75, 3.05) is 11.3 Å². The van der Waals surface area contributed by atoms with Crippen molar-refractivity contribution in [2.24, 2.45) is 0 Å². The lowest BCUT2D eigenvalue weighted by molar-refractivity contribution is -0.274. The summed E-state index contributed by atoms with van der Waals surface area (Å²) in [4.78, 5) is 14.2. The van der Waals surface area contributed by atoms with Gasteiger partial charge in [0.05, 0.1) is 6.04 Å². The fraction of sp³-hybridized carbons (Fsp3) is 0.435. The van der Waals surface area contributed by atoms with Gasteiger partial charge in [0.15, 0.2) is 0 Å². The van der Waals surface area contributed by atoms with Crippen molar-refractivity contribution in [3.8, 4) is 17.2 Å². The van der Waals surface area contributed by atoms with Crippen molar-refractivity contribution in [1.29, 1.82) is 0 Å². The number of nitrogens with one attached hydrogen (secondary N) is 1. The highest BCUT2D eigenvalue weighted by atomic mass is 32.2. The van der Waals surface area contributed by atoms with Crippen molar-refractivity contribution in [3.05, 3.63) is 48.0 Å². The number of carbonyl (C=O) groups excluding carboxylic acids is 1. The van der Waals surface area contributed by atoms with Gasteiger partial charge >= 0.3 is 28.0 Å². The van der Waals surface area contributed by atoms with Gasteiger partial charge in [0, 0.05) is 17.8 Å². The van der Waals surface area contributed by atoms with E-state index in [2.05, 4.69) is 4.74 Å². The van der Waals surface area contributed by atoms with Crippen LogP contribution in [-0.2, 0) is 14.8 Å². The number of benzene rings is 2. The molecule has 1 unspecified atom stereocenters. The maximum atomic E-state index is 12.9. The normalized spacial score (nSPS) is 16.8. The third kappa shape index (κ3) is 7.58. The van der Waals surface area contributed by atoms with Crippen LogP contribution in [0.2, 0.25) is 0 Å². The first-order chi connectivity index (χ1) is 17.3. The molecule has 210 valence electrons. The Kier molecular flexibility index (Phi) is 8.01. The number of sulfonamides is 1. The van der Waals surface area contributed by atoms with Gasteiger partial charge in [-0.3, -0.25) is 4.72 Å². The van der Waals surface area contributed by atoms with Crippen LogP contribution in [0.15, 0.2) is 42.5 Å². The smallest absolute Gasteiger partial charge is 0.457 e. The number of alkyl halides is 6. The van der Waals surface area contributed by atoms with E-state index in [0.717, 1.165) is 24.3 Å². The molecule has 0 radical (unpaired) electrons. The van der Waals surface area contributed by atoms with Gasteiger partial charge < -0.3 is 19.1 Å². The number of hydrogen-bond acceptors (Lipinski definition) is 6. The Labute approximate surface area is 214 Å². The first kappa shape index (κ1) is 29.2. The number of hydrogen-bond donors (Lipinski definition) is 1. The van der Waals surface area contributed by atoms with Crippen LogP contribution in [0.4, 0.5) is 36.8 Å². The Hall–Kier alpha value is -3.36. The molecule has 1 N–H and O–H groups in total. The minimum Gasteiger partial charge on any atom is -0.457 e. The summed E-state index contributed by atoms with van der Waals surface area (Å²) in [5.74, 6) is -0.426. The van der Waals surface area contributed by atoms with Crippen LogP contribution in [0.3, 0.4) is 0 Å². The number of amides is 1. The first-order valence-corrected chi connectivity index (χ1v) is 12.6. The number of anilines is 1. The molecule has 0 aliphatic carbocycles. The monoisotopic (exact) mass is 570 g/mol. The molecule has 38 heavy (non-hydrogen) atoms. The quantitative estimate of drug-likeness (QED) is 0.388. The lowest BCUT2D eigenvalue weighted by Crippen LogP contribution is -2.36. The molecule has 2 aromatic carbocycles. The molecule has 1 atom stereocenters. The maximum Gasteiger partial charge on any atom is 0.573 e.